The van der Waals surface area contributed by atoms with E-state index < -0.39 is 210 Å². The predicted octanol–water partition coefficient (Wildman–Crippen LogP) is -6.68. The third-order valence-corrected chi connectivity index (χ3v) is 18.6. The molecule has 2 rings (SSSR count). The summed E-state index contributed by atoms with van der Waals surface area (Å²) in [5, 5.41) is 80.1. The molecule has 0 aliphatic carbocycles. The van der Waals surface area contributed by atoms with Crippen LogP contribution in [0.3, 0.4) is 0 Å². The number of guanidine groups is 4. The maximum absolute atomic E-state index is 14.6. The van der Waals surface area contributed by atoms with Crippen molar-refractivity contribution >= 4 is 144 Å². The van der Waals surface area contributed by atoms with Gasteiger partial charge in [-0.25, -0.2) is 0 Å². The summed E-state index contributed by atoms with van der Waals surface area (Å²) in [5.41, 5.74) is 28.7. The fourth-order valence-electron chi connectivity index (χ4n) is 11.4. The quantitative estimate of drug-likeness (QED) is 0.00962. The van der Waals surface area contributed by atoms with Gasteiger partial charge in [0, 0.05) is 57.5 Å². The molecule has 0 spiro atoms. The van der Waals surface area contributed by atoms with Crippen LogP contribution in [0.1, 0.15) is 123 Å². The molecule has 0 aromatic heterocycles. The first kappa shape index (κ1) is 102. The zero-order chi connectivity index (χ0) is 88.7. The van der Waals surface area contributed by atoms with Gasteiger partial charge < -0.3 is 124 Å². The van der Waals surface area contributed by atoms with Crippen molar-refractivity contribution < 1.29 is 81.8 Å². The Balaban J connectivity index is 2.40. The molecule has 0 saturated heterocycles. The van der Waals surface area contributed by atoms with Crippen LogP contribution in [0.15, 0.2) is 60.7 Å². The smallest absolute Gasteiger partial charge is 0.305 e. The maximum atomic E-state index is 14.6. The van der Waals surface area contributed by atoms with Crippen molar-refractivity contribution in [1.29, 1.82) is 21.6 Å². The van der Waals surface area contributed by atoms with E-state index in [1.165, 1.54) is 6.92 Å². The van der Waals surface area contributed by atoms with Gasteiger partial charge in [0.05, 0.1) is 31.6 Å². The van der Waals surface area contributed by atoms with Gasteiger partial charge in [-0.05, 0) is 87.7 Å². The Morgan fingerprint density at radius 3 is 1.32 bits per heavy atom. The Hall–Kier alpha value is -11.9. The highest BCUT2D eigenvalue weighted by Gasteiger charge is 2.39. The highest BCUT2D eigenvalue weighted by molar-refractivity contribution is 7.80. The van der Waals surface area contributed by atoms with Crippen LogP contribution >= 0.6 is 25.3 Å². The molecule has 14 amide bonds. The fourth-order valence-corrected chi connectivity index (χ4v) is 11.9. The molecule has 2 aromatic carbocycles. The van der Waals surface area contributed by atoms with Gasteiger partial charge in [-0.15, -0.1) is 0 Å². The van der Waals surface area contributed by atoms with Crippen LogP contribution in [-0.4, -0.2) is 252 Å². The van der Waals surface area contributed by atoms with Gasteiger partial charge in [-0.3, -0.25) is 98.5 Å². The molecule has 654 valence electrons. The van der Waals surface area contributed by atoms with E-state index in [2.05, 4.69) is 110 Å². The van der Waals surface area contributed by atoms with Crippen molar-refractivity contribution in [2.24, 2.45) is 40.5 Å². The Kier molecular flexibility index (Phi) is 47.5. The van der Waals surface area contributed by atoms with E-state index in [9.17, 15) is 81.8 Å². The number of aldehydes is 1. The number of carbonyl (C=O) groups excluding carboxylic acids is 15. The minimum Gasteiger partial charge on any atom is -0.481 e. The van der Waals surface area contributed by atoms with Crippen LogP contribution in [-0.2, 0) is 89.6 Å². The number of hydrogen-bond acceptors (Lipinski definition) is 23. The van der Waals surface area contributed by atoms with E-state index in [0.29, 0.717) is 28.7 Å². The Bertz CT molecular complexity index is 3760. The molecule has 118 heavy (non-hydrogen) atoms. The van der Waals surface area contributed by atoms with Gasteiger partial charge >= 0.3 is 5.97 Å². The van der Waals surface area contributed by atoms with Crippen molar-refractivity contribution in [2.45, 2.75) is 198 Å². The van der Waals surface area contributed by atoms with E-state index in [1.807, 2.05) is 0 Å². The summed E-state index contributed by atoms with van der Waals surface area (Å²) in [6, 6.07) is -0.786. The number of rotatable bonds is 55. The number of aliphatic carboxylic acids is 1. The van der Waals surface area contributed by atoms with E-state index in [4.69, 9.17) is 50.3 Å². The van der Waals surface area contributed by atoms with Crippen LogP contribution < -0.4 is 114 Å². The number of nitrogens with two attached hydrogens (primary N) is 5. The van der Waals surface area contributed by atoms with Gasteiger partial charge in [0.15, 0.2) is 23.8 Å². The molecule has 0 saturated carbocycles. The number of benzene rings is 2. The molecule has 31 N–H and O–H groups in total. The minimum absolute atomic E-state index is 0.00163. The molecule has 13 atom stereocenters. The number of carboxylic acids is 1. The van der Waals surface area contributed by atoms with Gasteiger partial charge in [-0.1, -0.05) is 94.8 Å². The van der Waals surface area contributed by atoms with Crippen molar-refractivity contribution in [3.8, 4) is 0 Å². The third kappa shape index (κ3) is 40.1. The number of nitrogens with one attached hydrogen (secondary N) is 20. The van der Waals surface area contributed by atoms with Crippen LogP contribution in [0.4, 0.5) is 0 Å². The first-order chi connectivity index (χ1) is 55.7. The van der Waals surface area contributed by atoms with E-state index in [0.717, 1.165) is 6.92 Å². The average molecular weight is 1700 g/mol. The van der Waals surface area contributed by atoms with Crippen molar-refractivity contribution in [2.75, 3.05) is 50.8 Å². The molecule has 0 radical (unpaired) electrons. The van der Waals surface area contributed by atoms with Crippen LogP contribution in [0.5, 0.6) is 0 Å². The second-order valence-corrected chi connectivity index (χ2v) is 28.8. The summed E-state index contributed by atoms with van der Waals surface area (Å²) in [7, 11) is 0. The number of carbonyl (C=O) groups is 16. The fraction of sp³-hybridized carbons (Fsp3) is 0.562. The molecule has 0 bridgehead atoms. The second-order valence-electron chi connectivity index (χ2n) is 28.1. The van der Waals surface area contributed by atoms with Crippen LogP contribution in [0, 0.1) is 33.5 Å². The normalized spacial score (nSPS) is 14.2. The van der Waals surface area contributed by atoms with E-state index in [1.54, 1.807) is 88.4 Å². The second kappa shape index (κ2) is 54.8. The number of imide groups is 1. The van der Waals surface area contributed by atoms with E-state index >= 15 is 0 Å². The largest absolute Gasteiger partial charge is 0.481 e. The number of nitrogens with zero attached hydrogens (tertiary/aromatic N) is 1. The lowest BCUT2D eigenvalue weighted by Gasteiger charge is -2.31. The molecule has 0 heterocycles. The average Bonchev–Trinajstić information content (AvgIpc) is 0.831. The van der Waals surface area contributed by atoms with Crippen LogP contribution in [0.2, 0.25) is 0 Å². The highest BCUT2D eigenvalue weighted by Crippen LogP contribution is 2.16. The van der Waals surface area contributed by atoms with Crippen LogP contribution in [0.25, 0.3) is 0 Å². The molecule has 2 aromatic rings. The van der Waals surface area contributed by atoms with Gasteiger partial charge in [-0.2, -0.15) is 25.3 Å². The molecule has 0 unspecified atom stereocenters. The molecule has 45 heteroatoms. The van der Waals surface area contributed by atoms with Gasteiger partial charge in [0.2, 0.25) is 76.8 Å². The lowest BCUT2D eigenvalue weighted by atomic mass is 9.97. The van der Waals surface area contributed by atoms with Gasteiger partial charge in [0.25, 0.3) is 5.91 Å². The van der Waals surface area contributed by atoms with Crippen molar-refractivity contribution in [3.63, 3.8) is 0 Å². The summed E-state index contributed by atoms with van der Waals surface area (Å²) in [5.74, 6) is -18.1. The Morgan fingerprint density at radius 2 is 0.847 bits per heavy atom. The molecule has 0 aliphatic rings. The maximum Gasteiger partial charge on any atom is 0.305 e. The summed E-state index contributed by atoms with van der Waals surface area (Å²) in [4.78, 5) is 220. The molecule has 43 nitrogen and oxygen atoms in total. The summed E-state index contributed by atoms with van der Waals surface area (Å²) < 4.78 is 0. The predicted molar refractivity (Wildman–Crippen MR) is 442 cm³/mol. The minimum atomic E-state index is -1.99. The van der Waals surface area contributed by atoms with Gasteiger partial charge in [0.1, 0.15) is 66.7 Å². The summed E-state index contributed by atoms with van der Waals surface area (Å²) >= 11 is 8.48. The molecular formula is C73H118N26O17S2. The lowest BCUT2D eigenvalue weighted by Crippen LogP contribution is -2.62. The summed E-state index contributed by atoms with van der Waals surface area (Å²) in [6.07, 6.45) is -0.740. The topological polar surface area (TPSA) is 715 Å². The standard InChI is InChI=1S/C73H118N26O17S2/c1-7-40(4)58(68(115)97-54(38-118)67(114)95-52(32-44-20-12-9-13-21-44)69(116)99(42(6)101)45(36-100)22-14-26-83-70(75)76)98-63(110)48(25-17-29-86-73(81)82)91-65(112)51(33-57(104)105)94-64(111)49(30-39(2)3)93-62(109)47(24-16-28-85-72(79)80)90-56(103)35-87-55(102)34-88-61(108)50(31-43-18-10-8-11-19-43)92-59(106)41(5)89-66(113)53(37-117)96-60(107)46(74)23-15-27-84-71(77)78/h8-13,18-21,36,39-41,45-54,58,117-118H,7,14-17,22-35,37-38,74H2,1-6H3,(H,87,102)(H,88,108)(H,89,113)(H,90,103)(H,91,112)(H,92,106)(H,93,109)(H,94,111)(H,95,114)(H,96,107)(H,97,115)(H,98,110)(H,104,105)(H4,75,76,83)(H4,77,78,84)(H4,79,80,85)(H4,81,82,86)/t40-,41+,45-,46-,47-,48-,49-,50-,51-,52-,53-,54-,58-/m0/s1. The van der Waals surface area contributed by atoms with E-state index in [-0.39, 0.29) is 114 Å². The highest BCUT2D eigenvalue weighted by atomic mass is 32.1. The molecule has 0 fully saturated rings. The summed E-state index contributed by atoms with van der Waals surface area (Å²) in [6.45, 7) is 7.74. The van der Waals surface area contributed by atoms with Crippen molar-refractivity contribution in [1.82, 2.24) is 90.0 Å². The molecular weight excluding hydrogens is 1580 g/mol. The first-order valence-electron chi connectivity index (χ1n) is 38.2. The Morgan fingerprint density at radius 1 is 0.449 bits per heavy atom. The Labute approximate surface area is 694 Å². The number of hydrogen-bond donors (Lipinski definition) is 28. The zero-order valence-electron chi connectivity index (χ0n) is 67.0. The zero-order valence-corrected chi connectivity index (χ0v) is 68.8. The number of amides is 14. The number of thiol groups is 2. The molecule has 0 aliphatic heterocycles. The lowest BCUT2D eigenvalue weighted by molar-refractivity contribution is -0.151. The third-order valence-electron chi connectivity index (χ3n) is 17.9. The number of carboxylic acid groups (broad SMARTS) is 1. The monoisotopic (exact) mass is 1690 g/mol. The SMILES string of the molecule is CC[C@H](C)[C@H](NC(=O)[C@H](CCCNC(=N)N)NC(=O)[C@H](CC(=O)O)NC(=O)[C@H](CC(C)C)NC(=O)[C@H](CCCNC(=N)N)NC(=O)CNC(=O)CNC(=O)[C@H](Cc1ccccc1)NC(=O)[C@@H](C)NC(=O)[C@H](CS)NC(=O)[C@@H](N)CCCNC(=N)N)C(=O)N[C@@H](CS)C(=O)N[C@@H](Cc1ccccc1)C(=O)N(C(C)=O)[C@H](C=O)CCCNC(=N)N. The van der Waals surface area contributed by atoms with Crippen molar-refractivity contribution in [3.05, 3.63) is 71.8 Å². The first-order valence-corrected chi connectivity index (χ1v) is 39.5.